The summed E-state index contributed by atoms with van der Waals surface area (Å²) in [6.45, 7) is 0. The van der Waals surface area contributed by atoms with Gasteiger partial charge in [-0.1, -0.05) is 30.3 Å². The van der Waals surface area contributed by atoms with Crippen LogP contribution in [0.1, 0.15) is 0 Å². The molecule has 3 heteroatoms. The van der Waals surface area contributed by atoms with Gasteiger partial charge in [0.2, 0.25) is 0 Å². The first-order chi connectivity index (χ1) is 7.18. The molecule has 0 saturated heterocycles. The molecule has 15 heavy (non-hydrogen) atoms. The molecule has 0 aliphatic carbocycles. The van der Waals surface area contributed by atoms with Crippen molar-refractivity contribution < 1.29 is 0 Å². The molecule has 0 saturated carbocycles. The molecule has 3 nitrogen and oxygen atoms in total. The topological polar surface area (TPSA) is 48.0 Å². The van der Waals surface area contributed by atoms with E-state index in [9.17, 15) is 4.79 Å². The van der Waals surface area contributed by atoms with Crippen molar-refractivity contribution in [3.8, 4) is 11.1 Å². The molecule has 2 N–H and O–H groups in total. The number of nitrogens with two attached hydrogens (primary N) is 1. The monoisotopic (exact) mass is 200 g/mol. The van der Waals surface area contributed by atoms with Crippen molar-refractivity contribution in [3.63, 3.8) is 0 Å². The highest BCUT2D eigenvalue weighted by Crippen LogP contribution is 2.18. The van der Waals surface area contributed by atoms with E-state index in [4.69, 9.17) is 5.73 Å². The molecule has 0 aliphatic heterocycles. The molecule has 76 valence electrons. The highest BCUT2D eigenvalue weighted by molar-refractivity contribution is 5.65. The summed E-state index contributed by atoms with van der Waals surface area (Å²) in [6, 6.07) is 13.1. The van der Waals surface area contributed by atoms with Crippen molar-refractivity contribution in [2.45, 2.75) is 0 Å². The van der Waals surface area contributed by atoms with Crippen LogP contribution in [-0.2, 0) is 7.05 Å². The van der Waals surface area contributed by atoms with Crippen LogP contribution in [0.25, 0.3) is 11.1 Å². The van der Waals surface area contributed by atoms with Gasteiger partial charge in [-0.2, -0.15) is 0 Å². The third-order valence-corrected chi connectivity index (χ3v) is 2.41. The molecule has 1 heterocycles. The molecular weight excluding hydrogens is 188 g/mol. The van der Waals surface area contributed by atoms with Crippen LogP contribution in [0.5, 0.6) is 0 Å². The van der Waals surface area contributed by atoms with Crippen molar-refractivity contribution in [2.75, 3.05) is 5.73 Å². The summed E-state index contributed by atoms with van der Waals surface area (Å²) < 4.78 is 1.42. The van der Waals surface area contributed by atoms with Gasteiger partial charge < -0.3 is 5.73 Å². The second-order valence-corrected chi connectivity index (χ2v) is 3.43. The summed E-state index contributed by atoms with van der Waals surface area (Å²) in [5.74, 6) is 0.473. The van der Waals surface area contributed by atoms with Gasteiger partial charge in [-0.25, -0.2) is 0 Å². The lowest BCUT2D eigenvalue weighted by atomic mass is 10.1. The number of benzene rings is 1. The Morgan fingerprint density at radius 1 is 1.07 bits per heavy atom. The van der Waals surface area contributed by atoms with Crippen molar-refractivity contribution >= 4 is 5.82 Å². The normalized spacial score (nSPS) is 10.2. The molecule has 1 aromatic carbocycles. The largest absolute Gasteiger partial charge is 0.385 e. The number of rotatable bonds is 1. The number of anilines is 1. The summed E-state index contributed by atoms with van der Waals surface area (Å²) in [5, 5.41) is 0. The van der Waals surface area contributed by atoms with Crippen molar-refractivity contribution in [1.82, 2.24) is 4.57 Å². The molecule has 2 aromatic rings. The highest BCUT2D eigenvalue weighted by atomic mass is 16.1. The first-order valence-electron chi connectivity index (χ1n) is 4.70. The predicted octanol–water partition coefficient (Wildman–Crippen LogP) is 1.63. The lowest BCUT2D eigenvalue weighted by molar-refractivity contribution is 0.876. The fraction of sp³-hybridized carbons (Fsp3) is 0.0833. The molecular formula is C12H12N2O. The zero-order chi connectivity index (χ0) is 10.8. The Morgan fingerprint density at radius 2 is 1.73 bits per heavy atom. The molecule has 0 amide bonds. The Labute approximate surface area is 87.8 Å². The maximum atomic E-state index is 11.5. The summed E-state index contributed by atoms with van der Waals surface area (Å²) in [7, 11) is 1.66. The van der Waals surface area contributed by atoms with Crippen LogP contribution in [0.3, 0.4) is 0 Å². The van der Waals surface area contributed by atoms with E-state index in [1.54, 1.807) is 19.2 Å². The first kappa shape index (κ1) is 9.52. The molecule has 0 aliphatic rings. The number of aromatic nitrogens is 1. The van der Waals surface area contributed by atoms with Gasteiger partial charge in [0, 0.05) is 13.1 Å². The van der Waals surface area contributed by atoms with E-state index in [0.29, 0.717) is 5.82 Å². The number of pyridine rings is 1. The average Bonchev–Trinajstić information content (AvgIpc) is 2.26. The molecule has 0 radical (unpaired) electrons. The lowest BCUT2D eigenvalue weighted by Gasteiger charge is -2.06. The van der Waals surface area contributed by atoms with Gasteiger partial charge in [0.25, 0.3) is 5.56 Å². The van der Waals surface area contributed by atoms with E-state index < -0.39 is 0 Å². The second-order valence-electron chi connectivity index (χ2n) is 3.43. The molecule has 1 aromatic heterocycles. The lowest BCUT2D eigenvalue weighted by Crippen LogP contribution is -2.18. The third-order valence-electron chi connectivity index (χ3n) is 2.41. The Bertz CT molecular complexity index is 529. The van der Waals surface area contributed by atoms with E-state index in [2.05, 4.69) is 0 Å². The van der Waals surface area contributed by atoms with Gasteiger partial charge >= 0.3 is 0 Å². The van der Waals surface area contributed by atoms with Gasteiger partial charge in [-0.3, -0.25) is 9.36 Å². The number of hydrogen-bond acceptors (Lipinski definition) is 2. The van der Waals surface area contributed by atoms with E-state index in [-0.39, 0.29) is 5.56 Å². The quantitative estimate of drug-likeness (QED) is 0.760. The standard InChI is InChI=1S/C12H12N2O/c1-14-11(13)7-10(8-12(14)15)9-5-3-2-4-6-9/h2-8H,13H2,1H3. The summed E-state index contributed by atoms with van der Waals surface area (Å²) in [4.78, 5) is 11.5. The van der Waals surface area contributed by atoms with Crippen LogP contribution >= 0.6 is 0 Å². The van der Waals surface area contributed by atoms with Gasteiger partial charge in [0.1, 0.15) is 5.82 Å². The molecule has 0 fully saturated rings. The summed E-state index contributed by atoms with van der Waals surface area (Å²) >= 11 is 0. The minimum absolute atomic E-state index is 0.0890. The fourth-order valence-corrected chi connectivity index (χ4v) is 1.45. The van der Waals surface area contributed by atoms with E-state index >= 15 is 0 Å². The minimum Gasteiger partial charge on any atom is -0.385 e. The Balaban J connectivity index is 2.61. The maximum absolute atomic E-state index is 11.5. The zero-order valence-corrected chi connectivity index (χ0v) is 8.47. The molecule has 0 bridgehead atoms. The summed E-state index contributed by atoms with van der Waals surface area (Å²) in [6.07, 6.45) is 0. The van der Waals surface area contributed by atoms with Crippen molar-refractivity contribution in [3.05, 3.63) is 52.8 Å². The zero-order valence-electron chi connectivity index (χ0n) is 8.47. The highest BCUT2D eigenvalue weighted by Gasteiger charge is 2.01. The first-order valence-corrected chi connectivity index (χ1v) is 4.70. The van der Waals surface area contributed by atoms with E-state index in [0.717, 1.165) is 11.1 Å². The van der Waals surface area contributed by atoms with Crippen LogP contribution in [0, 0.1) is 0 Å². The number of nitrogens with zero attached hydrogens (tertiary/aromatic N) is 1. The smallest absolute Gasteiger partial charge is 0.252 e. The average molecular weight is 200 g/mol. The molecule has 0 unspecified atom stereocenters. The van der Waals surface area contributed by atoms with Gasteiger partial charge in [0.05, 0.1) is 0 Å². The molecule has 0 spiro atoms. The Morgan fingerprint density at radius 3 is 2.33 bits per heavy atom. The summed E-state index contributed by atoms with van der Waals surface area (Å²) in [5.41, 5.74) is 7.49. The Hall–Kier alpha value is -2.03. The van der Waals surface area contributed by atoms with Crippen LogP contribution in [0.2, 0.25) is 0 Å². The van der Waals surface area contributed by atoms with Crippen LogP contribution in [0.4, 0.5) is 5.82 Å². The molecule has 2 rings (SSSR count). The Kier molecular flexibility index (Phi) is 2.29. The second kappa shape index (κ2) is 3.61. The van der Waals surface area contributed by atoms with Crippen LogP contribution in [-0.4, -0.2) is 4.57 Å². The van der Waals surface area contributed by atoms with Gasteiger partial charge in [-0.05, 0) is 17.2 Å². The third kappa shape index (κ3) is 1.76. The van der Waals surface area contributed by atoms with Crippen molar-refractivity contribution in [1.29, 1.82) is 0 Å². The fourth-order valence-electron chi connectivity index (χ4n) is 1.45. The minimum atomic E-state index is -0.0890. The number of nitrogen functional groups attached to an aromatic ring is 1. The van der Waals surface area contributed by atoms with Gasteiger partial charge in [0.15, 0.2) is 0 Å². The van der Waals surface area contributed by atoms with E-state index in [1.165, 1.54) is 4.57 Å². The molecule has 0 atom stereocenters. The predicted molar refractivity (Wildman–Crippen MR) is 61.5 cm³/mol. The maximum Gasteiger partial charge on any atom is 0.252 e. The van der Waals surface area contributed by atoms with E-state index in [1.807, 2.05) is 30.3 Å². The van der Waals surface area contributed by atoms with Gasteiger partial charge in [-0.15, -0.1) is 0 Å². The SMILES string of the molecule is Cn1c(N)cc(-c2ccccc2)cc1=O. The number of hydrogen-bond donors (Lipinski definition) is 1. The van der Waals surface area contributed by atoms with Crippen LogP contribution in [0.15, 0.2) is 47.3 Å². The van der Waals surface area contributed by atoms with Crippen LogP contribution < -0.4 is 11.3 Å². The van der Waals surface area contributed by atoms with Crippen molar-refractivity contribution in [2.24, 2.45) is 7.05 Å².